The number of carbonyl (C=O) groups excluding carboxylic acids is 1. The van der Waals surface area contributed by atoms with E-state index in [1.54, 1.807) is 37.3 Å². The highest BCUT2D eigenvalue weighted by molar-refractivity contribution is 5.91. The molecule has 4 heteroatoms. The number of rotatable bonds is 6. The molecule has 1 aromatic carbocycles. The molecule has 0 fully saturated rings. The smallest absolute Gasteiger partial charge is 0.244 e. The fourth-order valence-electron chi connectivity index (χ4n) is 1.80. The van der Waals surface area contributed by atoms with E-state index in [-0.39, 0.29) is 12.5 Å². The van der Waals surface area contributed by atoms with E-state index in [0.717, 1.165) is 12.0 Å². The second-order valence-corrected chi connectivity index (χ2v) is 5.03. The van der Waals surface area contributed by atoms with Crippen molar-refractivity contribution in [3.8, 4) is 6.07 Å². The number of nitriles is 1. The van der Waals surface area contributed by atoms with Gasteiger partial charge in [-0.15, -0.1) is 0 Å². The van der Waals surface area contributed by atoms with Crippen LogP contribution in [-0.4, -0.2) is 23.2 Å². The largest absolute Gasteiger partial charge is 0.388 e. The molecule has 0 heterocycles. The summed E-state index contributed by atoms with van der Waals surface area (Å²) >= 11 is 0. The first-order valence-corrected chi connectivity index (χ1v) is 6.65. The van der Waals surface area contributed by atoms with Crippen LogP contribution in [0.25, 0.3) is 6.08 Å². The lowest BCUT2D eigenvalue weighted by Crippen LogP contribution is -2.39. The average molecular weight is 272 g/mol. The van der Waals surface area contributed by atoms with Crippen molar-refractivity contribution in [3.63, 3.8) is 0 Å². The Balaban J connectivity index is 2.49. The van der Waals surface area contributed by atoms with E-state index in [4.69, 9.17) is 5.26 Å². The van der Waals surface area contributed by atoms with Crippen LogP contribution in [0.15, 0.2) is 30.3 Å². The maximum Gasteiger partial charge on any atom is 0.244 e. The van der Waals surface area contributed by atoms with Gasteiger partial charge >= 0.3 is 0 Å². The minimum atomic E-state index is -0.868. The van der Waals surface area contributed by atoms with Crippen LogP contribution in [0.1, 0.15) is 37.8 Å². The van der Waals surface area contributed by atoms with Crippen molar-refractivity contribution in [1.29, 1.82) is 5.26 Å². The van der Waals surface area contributed by atoms with Crippen LogP contribution in [0.2, 0.25) is 0 Å². The maximum absolute atomic E-state index is 11.6. The maximum atomic E-state index is 11.6. The average Bonchev–Trinajstić information content (AvgIpc) is 2.43. The quantitative estimate of drug-likeness (QED) is 0.780. The Morgan fingerprint density at radius 3 is 2.65 bits per heavy atom. The summed E-state index contributed by atoms with van der Waals surface area (Å²) in [5, 5.41) is 21.3. The summed E-state index contributed by atoms with van der Waals surface area (Å²) in [6.45, 7) is 3.93. The Labute approximate surface area is 119 Å². The van der Waals surface area contributed by atoms with E-state index in [1.165, 1.54) is 6.08 Å². The van der Waals surface area contributed by atoms with E-state index in [9.17, 15) is 9.90 Å². The molecular formula is C16H20N2O2. The van der Waals surface area contributed by atoms with Gasteiger partial charge in [-0.1, -0.05) is 25.5 Å². The molecule has 0 aliphatic carbocycles. The normalized spacial score (nSPS) is 13.7. The van der Waals surface area contributed by atoms with Crippen molar-refractivity contribution in [2.45, 2.75) is 32.3 Å². The van der Waals surface area contributed by atoms with Gasteiger partial charge in [0.05, 0.1) is 17.2 Å². The van der Waals surface area contributed by atoms with Crippen LogP contribution < -0.4 is 5.32 Å². The molecule has 0 spiro atoms. The summed E-state index contributed by atoms with van der Waals surface area (Å²) in [6, 6.07) is 8.98. The molecular weight excluding hydrogens is 252 g/mol. The summed E-state index contributed by atoms with van der Waals surface area (Å²) in [6.07, 6.45) is 4.60. The molecule has 0 bridgehead atoms. The van der Waals surface area contributed by atoms with Crippen LogP contribution in [0.5, 0.6) is 0 Å². The number of nitrogens with zero attached hydrogens (tertiary/aromatic N) is 1. The van der Waals surface area contributed by atoms with Crippen molar-refractivity contribution in [2.24, 2.45) is 0 Å². The third-order valence-electron chi connectivity index (χ3n) is 2.90. The van der Waals surface area contributed by atoms with Gasteiger partial charge in [0.2, 0.25) is 5.91 Å². The van der Waals surface area contributed by atoms with Crippen molar-refractivity contribution in [2.75, 3.05) is 6.54 Å². The summed E-state index contributed by atoms with van der Waals surface area (Å²) in [7, 11) is 0. The van der Waals surface area contributed by atoms with Gasteiger partial charge in [0.15, 0.2) is 0 Å². The zero-order valence-electron chi connectivity index (χ0n) is 11.9. The highest BCUT2D eigenvalue weighted by Crippen LogP contribution is 2.10. The number of benzene rings is 1. The lowest BCUT2D eigenvalue weighted by molar-refractivity contribution is -0.117. The molecule has 0 saturated carbocycles. The van der Waals surface area contributed by atoms with Crippen LogP contribution in [0.3, 0.4) is 0 Å². The van der Waals surface area contributed by atoms with Gasteiger partial charge in [-0.25, -0.2) is 0 Å². The topological polar surface area (TPSA) is 73.1 Å². The van der Waals surface area contributed by atoms with E-state index < -0.39 is 5.60 Å². The van der Waals surface area contributed by atoms with Crippen molar-refractivity contribution < 1.29 is 9.90 Å². The third-order valence-corrected chi connectivity index (χ3v) is 2.90. The van der Waals surface area contributed by atoms with Crippen LogP contribution in [0, 0.1) is 11.3 Å². The first-order valence-electron chi connectivity index (χ1n) is 6.65. The van der Waals surface area contributed by atoms with Gasteiger partial charge in [-0.3, -0.25) is 4.79 Å². The highest BCUT2D eigenvalue weighted by atomic mass is 16.3. The molecule has 1 atom stereocenters. The molecule has 0 aromatic heterocycles. The van der Waals surface area contributed by atoms with Crippen molar-refractivity contribution in [3.05, 3.63) is 41.5 Å². The SMILES string of the molecule is CCCC(C)(O)CNC(=O)/C=C/c1ccc(C#N)cc1. The van der Waals surface area contributed by atoms with E-state index in [0.29, 0.717) is 12.0 Å². The zero-order valence-corrected chi connectivity index (χ0v) is 11.9. The summed E-state index contributed by atoms with van der Waals surface area (Å²) in [4.78, 5) is 11.6. The van der Waals surface area contributed by atoms with Gasteiger partial charge in [-0.05, 0) is 37.1 Å². The van der Waals surface area contributed by atoms with E-state index in [2.05, 4.69) is 5.32 Å². The second-order valence-electron chi connectivity index (χ2n) is 5.03. The standard InChI is InChI=1S/C16H20N2O2/c1-3-10-16(2,20)12-18-15(19)9-8-13-4-6-14(11-17)7-5-13/h4-9,20H,3,10,12H2,1-2H3,(H,18,19)/b9-8+. The Bertz CT molecular complexity index is 510. The van der Waals surface area contributed by atoms with Gasteiger partial charge in [0.25, 0.3) is 0 Å². The second kappa shape index (κ2) is 7.46. The molecule has 106 valence electrons. The zero-order chi connectivity index (χ0) is 15.0. The molecule has 0 aliphatic rings. The molecule has 1 unspecified atom stereocenters. The number of carbonyl (C=O) groups is 1. The molecule has 1 rings (SSSR count). The third kappa shape index (κ3) is 5.68. The number of hydrogen-bond donors (Lipinski definition) is 2. The summed E-state index contributed by atoms with van der Waals surface area (Å²) < 4.78 is 0. The minimum Gasteiger partial charge on any atom is -0.388 e. The molecule has 20 heavy (non-hydrogen) atoms. The fourth-order valence-corrected chi connectivity index (χ4v) is 1.80. The van der Waals surface area contributed by atoms with E-state index in [1.807, 2.05) is 13.0 Å². The Morgan fingerprint density at radius 2 is 2.10 bits per heavy atom. The van der Waals surface area contributed by atoms with Crippen LogP contribution >= 0.6 is 0 Å². The Morgan fingerprint density at radius 1 is 1.45 bits per heavy atom. The van der Waals surface area contributed by atoms with E-state index >= 15 is 0 Å². The molecule has 1 amide bonds. The highest BCUT2D eigenvalue weighted by Gasteiger charge is 2.18. The molecule has 1 aromatic rings. The first kappa shape index (κ1) is 15.9. The predicted octanol–water partition coefficient (Wildman–Crippen LogP) is 2.24. The number of nitrogens with one attached hydrogen (secondary N) is 1. The lowest BCUT2D eigenvalue weighted by atomic mass is 10.0. The van der Waals surface area contributed by atoms with Gasteiger partial charge < -0.3 is 10.4 Å². The minimum absolute atomic E-state index is 0.234. The molecule has 4 nitrogen and oxygen atoms in total. The molecule has 0 saturated heterocycles. The fraction of sp³-hybridized carbons (Fsp3) is 0.375. The number of hydrogen-bond acceptors (Lipinski definition) is 3. The monoisotopic (exact) mass is 272 g/mol. The van der Waals surface area contributed by atoms with Crippen LogP contribution in [-0.2, 0) is 4.79 Å². The Hall–Kier alpha value is -2.12. The first-order chi connectivity index (χ1) is 9.46. The van der Waals surface area contributed by atoms with Gasteiger partial charge in [0, 0.05) is 12.6 Å². The lowest BCUT2D eigenvalue weighted by Gasteiger charge is -2.22. The number of aliphatic hydroxyl groups is 1. The Kier molecular flexibility index (Phi) is 5.95. The summed E-state index contributed by atoms with van der Waals surface area (Å²) in [5.41, 5.74) is 0.564. The van der Waals surface area contributed by atoms with Crippen molar-refractivity contribution >= 4 is 12.0 Å². The number of amides is 1. The van der Waals surface area contributed by atoms with Crippen LogP contribution in [0.4, 0.5) is 0 Å². The molecule has 0 radical (unpaired) electrons. The van der Waals surface area contributed by atoms with Crippen molar-refractivity contribution in [1.82, 2.24) is 5.32 Å². The predicted molar refractivity (Wildman–Crippen MR) is 78.7 cm³/mol. The van der Waals surface area contributed by atoms with Gasteiger partial charge in [0.1, 0.15) is 0 Å². The molecule has 0 aliphatic heterocycles. The van der Waals surface area contributed by atoms with Gasteiger partial charge in [-0.2, -0.15) is 5.26 Å². The molecule has 2 N–H and O–H groups in total. The summed E-state index contributed by atoms with van der Waals surface area (Å²) in [5.74, 6) is -0.245.